The van der Waals surface area contributed by atoms with E-state index in [1.807, 2.05) is 35.0 Å². The quantitative estimate of drug-likeness (QED) is 0.425. The van der Waals surface area contributed by atoms with Gasteiger partial charge in [0.2, 0.25) is 5.91 Å². The zero-order valence-electron chi connectivity index (χ0n) is 19.2. The van der Waals surface area contributed by atoms with Crippen molar-refractivity contribution in [3.05, 3.63) is 60.1 Å². The van der Waals surface area contributed by atoms with Crippen LogP contribution in [0.4, 0.5) is 4.39 Å². The van der Waals surface area contributed by atoms with E-state index in [0.29, 0.717) is 33.7 Å². The van der Waals surface area contributed by atoms with Crippen LogP contribution >= 0.6 is 11.8 Å². The summed E-state index contributed by atoms with van der Waals surface area (Å²) < 4.78 is 18.1. The summed E-state index contributed by atoms with van der Waals surface area (Å²) >= 11 is 1.18. The molecule has 3 atom stereocenters. The Morgan fingerprint density at radius 1 is 1.29 bits per heavy atom. The molecule has 0 spiro atoms. The maximum absolute atomic E-state index is 14.4. The highest BCUT2D eigenvalue weighted by molar-refractivity contribution is 7.99. The van der Waals surface area contributed by atoms with Gasteiger partial charge in [0.15, 0.2) is 5.82 Å². The van der Waals surface area contributed by atoms with Gasteiger partial charge in [-0.2, -0.15) is 15.5 Å². The number of amides is 1. The molecule has 35 heavy (non-hydrogen) atoms. The average Bonchev–Trinajstić information content (AvgIpc) is 3.25. The van der Waals surface area contributed by atoms with Gasteiger partial charge in [-0.3, -0.25) is 9.48 Å². The summed E-state index contributed by atoms with van der Waals surface area (Å²) in [6.45, 7) is 6.20. The number of fused-ring (bicyclic) bond motifs is 2. The van der Waals surface area contributed by atoms with Crippen LogP contribution in [-0.4, -0.2) is 48.3 Å². The van der Waals surface area contributed by atoms with Crippen LogP contribution in [0.3, 0.4) is 0 Å². The van der Waals surface area contributed by atoms with Crippen molar-refractivity contribution < 1.29 is 9.18 Å². The first-order valence-corrected chi connectivity index (χ1v) is 12.2. The molecule has 176 valence electrons. The van der Waals surface area contributed by atoms with Crippen LogP contribution in [-0.2, 0) is 11.3 Å². The maximum atomic E-state index is 14.4. The summed E-state index contributed by atoms with van der Waals surface area (Å²) in [7, 11) is 0. The maximum Gasteiger partial charge on any atom is 0.219 e. The predicted octanol–water partition coefficient (Wildman–Crippen LogP) is 3.79. The van der Waals surface area contributed by atoms with E-state index in [-0.39, 0.29) is 10.9 Å². The van der Waals surface area contributed by atoms with E-state index in [1.165, 1.54) is 24.0 Å². The number of likely N-dealkylation sites (tertiary alicyclic amines) is 1. The summed E-state index contributed by atoms with van der Waals surface area (Å²) in [5.74, 6) is 1.41. The third-order valence-electron chi connectivity index (χ3n) is 7.24. The minimum atomic E-state index is -0.415. The molecule has 0 aromatic carbocycles. The Bertz CT molecular complexity index is 1510. The van der Waals surface area contributed by atoms with Crippen molar-refractivity contribution in [1.29, 1.82) is 5.26 Å². The van der Waals surface area contributed by atoms with E-state index in [4.69, 9.17) is 0 Å². The average molecular weight is 488 g/mol. The number of pyridine rings is 2. The van der Waals surface area contributed by atoms with Gasteiger partial charge in [-0.25, -0.2) is 13.9 Å². The number of hydrogen-bond acceptors (Lipinski definition) is 6. The number of nitrogens with zero attached hydrogens (tertiary/aromatic N) is 7. The molecule has 10 heteroatoms. The first kappa shape index (κ1) is 21.8. The SMILES string of the molecule is CC(=O)N1C[C@@H]2C(Cn3ncc(-c4cc(Sc5ncccc5F)c5c(C#N)cnn5c4)c3C)[C@@H]2C1. The van der Waals surface area contributed by atoms with Gasteiger partial charge in [0.1, 0.15) is 11.1 Å². The number of aromatic nitrogens is 5. The molecule has 4 aromatic heterocycles. The third-order valence-corrected chi connectivity index (χ3v) is 8.27. The van der Waals surface area contributed by atoms with Crippen LogP contribution < -0.4 is 0 Å². The van der Waals surface area contributed by atoms with E-state index >= 15 is 0 Å². The molecule has 4 aromatic rings. The van der Waals surface area contributed by atoms with Crippen molar-refractivity contribution in [2.45, 2.75) is 30.3 Å². The zero-order valence-corrected chi connectivity index (χ0v) is 20.0. The second kappa shape index (κ2) is 8.20. The Balaban J connectivity index is 1.32. The molecule has 0 bridgehead atoms. The number of halogens is 1. The number of hydrogen-bond donors (Lipinski definition) is 0. The van der Waals surface area contributed by atoms with E-state index in [9.17, 15) is 14.4 Å². The fraction of sp³-hybridized carbons (Fsp3) is 0.320. The van der Waals surface area contributed by atoms with E-state index < -0.39 is 5.82 Å². The molecule has 6 rings (SSSR count). The number of piperidine rings is 1. The lowest BCUT2D eigenvalue weighted by molar-refractivity contribution is -0.128. The topological polar surface area (TPSA) is 92.1 Å². The van der Waals surface area contributed by atoms with Crippen molar-refractivity contribution in [3.8, 4) is 17.2 Å². The first-order valence-electron chi connectivity index (χ1n) is 11.4. The molecule has 0 radical (unpaired) electrons. The summed E-state index contributed by atoms with van der Waals surface area (Å²) in [4.78, 5) is 18.4. The highest BCUT2D eigenvalue weighted by atomic mass is 32.2. The summed E-state index contributed by atoms with van der Waals surface area (Å²) in [6.07, 6.45) is 6.79. The van der Waals surface area contributed by atoms with Gasteiger partial charge in [0, 0.05) is 60.7 Å². The van der Waals surface area contributed by atoms with Crippen molar-refractivity contribution in [1.82, 2.24) is 29.3 Å². The van der Waals surface area contributed by atoms with Gasteiger partial charge in [0.25, 0.3) is 0 Å². The second-order valence-corrected chi connectivity index (χ2v) is 10.2. The van der Waals surface area contributed by atoms with Crippen molar-refractivity contribution >= 4 is 23.2 Å². The molecule has 1 saturated carbocycles. The Kier molecular flexibility index (Phi) is 5.11. The minimum Gasteiger partial charge on any atom is -0.342 e. The van der Waals surface area contributed by atoms with Crippen LogP contribution in [0.25, 0.3) is 16.6 Å². The van der Waals surface area contributed by atoms with Crippen LogP contribution in [0.1, 0.15) is 18.2 Å². The highest BCUT2D eigenvalue weighted by Crippen LogP contribution is 2.52. The van der Waals surface area contributed by atoms with E-state index in [2.05, 4.69) is 21.3 Å². The number of rotatable bonds is 5. The summed E-state index contributed by atoms with van der Waals surface area (Å²) in [5.41, 5.74) is 3.91. The Morgan fingerprint density at radius 3 is 2.80 bits per heavy atom. The summed E-state index contributed by atoms with van der Waals surface area (Å²) in [5, 5.41) is 18.8. The fourth-order valence-corrected chi connectivity index (χ4v) is 6.21. The smallest absolute Gasteiger partial charge is 0.219 e. The molecule has 2 aliphatic rings. The molecule has 1 unspecified atom stereocenters. The van der Waals surface area contributed by atoms with Gasteiger partial charge in [-0.15, -0.1) is 0 Å². The predicted molar refractivity (Wildman–Crippen MR) is 127 cm³/mol. The van der Waals surface area contributed by atoms with Crippen molar-refractivity contribution in [2.75, 3.05) is 13.1 Å². The molecule has 8 nitrogen and oxygen atoms in total. The molecule has 0 N–H and O–H groups in total. The van der Waals surface area contributed by atoms with Crippen LogP contribution in [0.15, 0.2) is 52.9 Å². The van der Waals surface area contributed by atoms with Crippen molar-refractivity contribution in [3.63, 3.8) is 0 Å². The molecule has 1 aliphatic carbocycles. The van der Waals surface area contributed by atoms with Gasteiger partial charge in [-0.1, -0.05) is 11.8 Å². The molecule has 2 fully saturated rings. The van der Waals surface area contributed by atoms with E-state index in [1.54, 1.807) is 23.7 Å². The summed E-state index contributed by atoms with van der Waals surface area (Å²) in [6, 6.07) is 7.04. The molecule has 1 amide bonds. The Hall–Kier alpha value is -3.71. The van der Waals surface area contributed by atoms with Crippen LogP contribution in [0, 0.1) is 41.8 Å². The van der Waals surface area contributed by atoms with Crippen molar-refractivity contribution in [2.24, 2.45) is 17.8 Å². The molecule has 5 heterocycles. The zero-order chi connectivity index (χ0) is 24.3. The molecule has 1 saturated heterocycles. The monoisotopic (exact) mass is 487 g/mol. The van der Waals surface area contributed by atoms with E-state index in [0.717, 1.165) is 36.5 Å². The Morgan fingerprint density at radius 2 is 2.09 bits per heavy atom. The first-order chi connectivity index (χ1) is 16.9. The van der Waals surface area contributed by atoms with Gasteiger partial charge >= 0.3 is 0 Å². The fourth-order valence-electron chi connectivity index (χ4n) is 5.23. The normalized spacial score (nSPS) is 20.7. The number of nitriles is 1. The minimum absolute atomic E-state index is 0.154. The third kappa shape index (κ3) is 3.67. The number of carbonyl (C=O) groups is 1. The lowest BCUT2D eigenvalue weighted by atomic mass is 10.1. The second-order valence-electron chi connectivity index (χ2n) is 9.19. The molecule has 1 aliphatic heterocycles. The largest absolute Gasteiger partial charge is 0.342 e. The van der Waals surface area contributed by atoms with Crippen LogP contribution in [0.5, 0.6) is 0 Å². The standard InChI is InChI=1S/C25H22FN7OS/c1-14-18(9-30-32(14)13-21-19-11-31(15(2)34)12-20(19)21)16-6-23(35-25-22(26)4-3-5-28-25)24-17(7-27)8-29-33(24)10-16/h3-6,8-10,19-21H,11-13H2,1-2H3/t19-,20+,21?. The number of carbonyl (C=O) groups excluding carboxylic acids is 1. The lowest BCUT2D eigenvalue weighted by Crippen LogP contribution is -2.29. The van der Waals surface area contributed by atoms with Gasteiger partial charge in [0.05, 0.1) is 23.5 Å². The molecular weight excluding hydrogens is 465 g/mol. The van der Waals surface area contributed by atoms with Gasteiger partial charge < -0.3 is 4.90 Å². The lowest BCUT2D eigenvalue weighted by Gasteiger charge is -2.18. The van der Waals surface area contributed by atoms with Crippen LogP contribution in [0.2, 0.25) is 0 Å². The Labute approximate surface area is 205 Å². The van der Waals surface area contributed by atoms with Gasteiger partial charge in [-0.05, 0) is 42.9 Å². The highest BCUT2D eigenvalue weighted by Gasteiger charge is 2.56. The molecular formula is C25H22FN7OS.